The third kappa shape index (κ3) is 5.36. The predicted octanol–water partition coefficient (Wildman–Crippen LogP) is 3.91. The molecule has 3 rings (SSSR count). The summed E-state index contributed by atoms with van der Waals surface area (Å²) in [6.45, 7) is 4.71. The minimum absolute atomic E-state index is 0.177. The number of ether oxygens (including phenoxy) is 2. The van der Waals surface area contributed by atoms with Gasteiger partial charge in [-0.15, -0.1) is 0 Å². The Kier molecular flexibility index (Phi) is 6.99. The summed E-state index contributed by atoms with van der Waals surface area (Å²) in [5.74, 6) is -0.961. The maximum Gasteiger partial charge on any atom is 0.308 e. The molecule has 9 heteroatoms. The van der Waals surface area contributed by atoms with Crippen molar-refractivity contribution in [1.29, 1.82) is 0 Å². The number of nitrogens with one attached hydrogen (secondary N) is 1. The molecule has 2 aromatic carbocycles. The highest BCUT2D eigenvalue weighted by Crippen LogP contribution is 2.34. The molecular formula is C23H22N2O6S. The molecule has 0 radical (unpaired) electrons. The zero-order chi connectivity index (χ0) is 23.4. The Morgan fingerprint density at radius 1 is 1.09 bits per heavy atom. The fraction of sp³-hybridized carbons (Fsp3) is 0.217. The van der Waals surface area contributed by atoms with E-state index in [1.54, 1.807) is 18.2 Å². The van der Waals surface area contributed by atoms with Crippen LogP contribution >= 0.6 is 11.8 Å². The average Bonchev–Trinajstić information content (AvgIpc) is 2.98. The molecule has 0 bridgehead atoms. The molecule has 1 aliphatic heterocycles. The number of hydrogen-bond donors (Lipinski definition) is 1. The second kappa shape index (κ2) is 9.69. The summed E-state index contributed by atoms with van der Waals surface area (Å²) in [6, 6.07) is 10.3. The number of carbonyl (C=O) groups excluding carboxylic acids is 4. The lowest BCUT2D eigenvalue weighted by molar-refractivity contribution is -0.132. The van der Waals surface area contributed by atoms with E-state index in [2.05, 4.69) is 5.32 Å². The number of anilines is 1. The van der Waals surface area contributed by atoms with Crippen molar-refractivity contribution in [3.63, 3.8) is 0 Å². The van der Waals surface area contributed by atoms with Crippen LogP contribution < -0.4 is 14.8 Å². The summed E-state index contributed by atoms with van der Waals surface area (Å²) in [5.41, 5.74) is 3.15. The Morgan fingerprint density at radius 2 is 1.84 bits per heavy atom. The maximum absolute atomic E-state index is 12.7. The van der Waals surface area contributed by atoms with Crippen molar-refractivity contribution in [2.75, 3.05) is 19.0 Å². The zero-order valence-electron chi connectivity index (χ0n) is 18.1. The SMILES string of the molecule is COc1cc(/C=C2\SC(=O)N(CC(=O)Nc3ccc(C)cc3C)C2=O)ccc1OC(C)=O. The van der Waals surface area contributed by atoms with E-state index in [1.807, 2.05) is 26.0 Å². The summed E-state index contributed by atoms with van der Waals surface area (Å²) < 4.78 is 10.3. The molecule has 8 nitrogen and oxygen atoms in total. The van der Waals surface area contributed by atoms with Crippen LogP contribution in [0.4, 0.5) is 10.5 Å². The summed E-state index contributed by atoms with van der Waals surface area (Å²) in [7, 11) is 1.42. The summed E-state index contributed by atoms with van der Waals surface area (Å²) in [5, 5.41) is 2.21. The van der Waals surface area contributed by atoms with Gasteiger partial charge in [0.1, 0.15) is 6.54 Å². The highest BCUT2D eigenvalue weighted by Gasteiger charge is 2.36. The maximum atomic E-state index is 12.7. The first-order valence-electron chi connectivity index (χ1n) is 9.67. The number of methoxy groups -OCH3 is 1. The van der Waals surface area contributed by atoms with Gasteiger partial charge in [-0.2, -0.15) is 0 Å². The number of rotatable bonds is 6. The van der Waals surface area contributed by atoms with Crippen molar-refractivity contribution in [3.05, 3.63) is 58.0 Å². The van der Waals surface area contributed by atoms with Gasteiger partial charge in [0.05, 0.1) is 12.0 Å². The standard InChI is InChI=1S/C23H22N2O6S/c1-13-5-7-17(14(2)9-13)24-21(27)12-25-22(28)20(32-23(25)29)11-16-6-8-18(31-15(3)26)19(10-16)30-4/h5-11H,12H2,1-4H3,(H,24,27)/b20-11-. The third-order valence-electron chi connectivity index (χ3n) is 4.57. The van der Waals surface area contributed by atoms with Crippen LogP contribution in [0.1, 0.15) is 23.6 Å². The van der Waals surface area contributed by atoms with Crippen LogP contribution in [0.5, 0.6) is 11.5 Å². The fourth-order valence-electron chi connectivity index (χ4n) is 3.09. The molecule has 1 aliphatic rings. The quantitative estimate of drug-likeness (QED) is 0.401. The molecule has 166 valence electrons. The van der Waals surface area contributed by atoms with Gasteiger partial charge in [0, 0.05) is 12.6 Å². The van der Waals surface area contributed by atoms with Crippen molar-refractivity contribution >= 4 is 46.5 Å². The van der Waals surface area contributed by atoms with Crippen molar-refractivity contribution in [2.45, 2.75) is 20.8 Å². The first-order chi connectivity index (χ1) is 15.2. The van der Waals surface area contributed by atoms with E-state index in [-0.39, 0.29) is 17.2 Å². The van der Waals surface area contributed by atoms with Gasteiger partial charge < -0.3 is 14.8 Å². The molecule has 0 unspecified atom stereocenters. The van der Waals surface area contributed by atoms with Gasteiger partial charge in [-0.1, -0.05) is 23.8 Å². The fourth-order valence-corrected chi connectivity index (χ4v) is 3.93. The molecule has 1 saturated heterocycles. The molecule has 0 spiro atoms. The number of amides is 3. The molecule has 0 aliphatic carbocycles. The summed E-state index contributed by atoms with van der Waals surface area (Å²) in [6.07, 6.45) is 1.52. The first kappa shape index (κ1) is 23.1. The zero-order valence-corrected chi connectivity index (χ0v) is 18.9. The predicted molar refractivity (Wildman–Crippen MR) is 122 cm³/mol. The van der Waals surface area contributed by atoms with Crippen LogP contribution in [0.15, 0.2) is 41.3 Å². The van der Waals surface area contributed by atoms with Gasteiger partial charge in [-0.25, -0.2) is 0 Å². The number of aryl methyl sites for hydroxylation is 2. The number of hydrogen-bond acceptors (Lipinski definition) is 7. The normalized spacial score (nSPS) is 14.6. The van der Waals surface area contributed by atoms with Gasteiger partial charge in [0.2, 0.25) is 5.91 Å². The molecule has 32 heavy (non-hydrogen) atoms. The largest absolute Gasteiger partial charge is 0.493 e. The lowest BCUT2D eigenvalue weighted by Crippen LogP contribution is -2.36. The van der Waals surface area contributed by atoms with E-state index < -0.39 is 23.0 Å². The Labute approximate surface area is 189 Å². The highest BCUT2D eigenvalue weighted by molar-refractivity contribution is 8.18. The monoisotopic (exact) mass is 454 g/mol. The van der Waals surface area contributed by atoms with E-state index >= 15 is 0 Å². The Balaban J connectivity index is 1.73. The van der Waals surface area contributed by atoms with Crippen molar-refractivity contribution in [1.82, 2.24) is 4.90 Å². The van der Waals surface area contributed by atoms with Crippen LogP contribution in [0.2, 0.25) is 0 Å². The number of nitrogens with zero attached hydrogens (tertiary/aromatic N) is 1. The molecule has 2 aromatic rings. The average molecular weight is 455 g/mol. The highest BCUT2D eigenvalue weighted by atomic mass is 32.2. The van der Waals surface area contributed by atoms with Crippen LogP contribution in [-0.4, -0.2) is 41.6 Å². The van der Waals surface area contributed by atoms with Gasteiger partial charge in [-0.05, 0) is 61.0 Å². The van der Waals surface area contributed by atoms with Crippen molar-refractivity contribution in [2.24, 2.45) is 0 Å². The Bertz CT molecular complexity index is 1140. The van der Waals surface area contributed by atoms with Crippen LogP contribution in [0.3, 0.4) is 0 Å². The second-order valence-corrected chi connectivity index (χ2v) is 8.13. The smallest absolute Gasteiger partial charge is 0.308 e. The minimum atomic E-state index is -0.557. The van der Waals surface area contributed by atoms with Gasteiger partial charge in [0.25, 0.3) is 11.1 Å². The topological polar surface area (TPSA) is 102 Å². The third-order valence-corrected chi connectivity index (χ3v) is 5.48. The number of esters is 1. The van der Waals surface area contributed by atoms with E-state index in [1.165, 1.54) is 26.2 Å². The van der Waals surface area contributed by atoms with E-state index in [4.69, 9.17) is 9.47 Å². The van der Waals surface area contributed by atoms with Crippen molar-refractivity contribution in [3.8, 4) is 11.5 Å². The van der Waals surface area contributed by atoms with Crippen LogP contribution in [0.25, 0.3) is 6.08 Å². The van der Waals surface area contributed by atoms with E-state index in [0.717, 1.165) is 27.8 Å². The summed E-state index contributed by atoms with van der Waals surface area (Å²) >= 11 is 0.751. The molecular weight excluding hydrogens is 432 g/mol. The Morgan fingerprint density at radius 3 is 2.50 bits per heavy atom. The van der Waals surface area contributed by atoms with Gasteiger partial charge >= 0.3 is 5.97 Å². The van der Waals surface area contributed by atoms with E-state index in [9.17, 15) is 19.2 Å². The van der Waals surface area contributed by atoms with Gasteiger partial charge in [0.15, 0.2) is 11.5 Å². The number of carbonyl (C=O) groups is 4. The molecule has 1 fully saturated rings. The van der Waals surface area contributed by atoms with Crippen LogP contribution in [0, 0.1) is 13.8 Å². The molecule has 1 heterocycles. The van der Waals surface area contributed by atoms with Gasteiger partial charge in [-0.3, -0.25) is 24.1 Å². The second-order valence-electron chi connectivity index (χ2n) is 7.14. The number of benzene rings is 2. The molecule has 3 amide bonds. The van der Waals surface area contributed by atoms with E-state index in [0.29, 0.717) is 17.0 Å². The molecule has 0 atom stereocenters. The molecule has 0 saturated carbocycles. The summed E-state index contributed by atoms with van der Waals surface area (Å²) in [4.78, 5) is 49.8. The lowest BCUT2D eigenvalue weighted by Gasteiger charge is -2.14. The first-order valence-corrected chi connectivity index (χ1v) is 10.5. The van der Waals surface area contributed by atoms with Crippen molar-refractivity contribution < 1.29 is 28.7 Å². The lowest BCUT2D eigenvalue weighted by atomic mass is 10.1. The minimum Gasteiger partial charge on any atom is -0.493 e. The Hall–Kier alpha value is -3.59. The number of thioether (sulfide) groups is 1. The molecule has 1 N–H and O–H groups in total. The number of imide groups is 1. The molecule has 0 aromatic heterocycles. The van der Waals surface area contributed by atoms with Crippen LogP contribution in [-0.2, 0) is 14.4 Å².